The first kappa shape index (κ1) is 37.5. The molecule has 2 fully saturated rings. The first-order chi connectivity index (χ1) is 16.0. The standard InChI is InChI=1S/C9H17NO.C9H19N.C7H17N.C6H14O/c1-9(2,3)7-10-6-4-5-8(10)11;1-9(2,3)8-10-6-4-5-7-10;1-7(2,3)6-8(4)5;1-6(2,3)5-7-4/h4-7H2,1-3H3;4-8H2,1-3H3;6H2,1-5H3;5H2,1-4H3. The van der Waals surface area contributed by atoms with Gasteiger partial charge in [0.1, 0.15) is 0 Å². The highest BCUT2D eigenvalue weighted by molar-refractivity contribution is 5.78. The molecule has 2 heterocycles. The van der Waals surface area contributed by atoms with Crippen LogP contribution in [-0.4, -0.2) is 87.7 Å². The van der Waals surface area contributed by atoms with Crippen molar-refractivity contribution in [3.63, 3.8) is 0 Å². The number of carbonyl (C=O) groups excluding carboxylic acids is 1. The lowest BCUT2D eigenvalue weighted by molar-refractivity contribution is -0.128. The number of hydrogen-bond donors (Lipinski definition) is 0. The van der Waals surface area contributed by atoms with Crippen LogP contribution in [0.2, 0.25) is 0 Å². The average Bonchev–Trinajstić information content (AvgIpc) is 3.23. The summed E-state index contributed by atoms with van der Waals surface area (Å²) in [5, 5.41) is 0. The molecule has 1 amide bonds. The van der Waals surface area contributed by atoms with Gasteiger partial charge in [-0.25, -0.2) is 0 Å². The predicted molar refractivity (Wildman–Crippen MR) is 160 cm³/mol. The summed E-state index contributed by atoms with van der Waals surface area (Å²) in [6.07, 6.45) is 4.64. The molecule has 0 aliphatic carbocycles. The minimum atomic E-state index is 0.250. The van der Waals surface area contributed by atoms with E-state index in [1.807, 2.05) is 4.90 Å². The Bertz CT molecular complexity index is 554. The monoisotopic (exact) mass is 514 g/mol. The predicted octanol–water partition coefficient (Wildman–Crippen LogP) is 7.06. The van der Waals surface area contributed by atoms with Crippen molar-refractivity contribution in [3.8, 4) is 0 Å². The molecule has 5 nitrogen and oxygen atoms in total. The molecule has 218 valence electrons. The molecule has 2 aliphatic heterocycles. The smallest absolute Gasteiger partial charge is 0.222 e. The number of nitrogens with zero attached hydrogens (tertiary/aromatic N) is 3. The molecule has 0 unspecified atom stereocenters. The van der Waals surface area contributed by atoms with Crippen LogP contribution in [0.25, 0.3) is 0 Å². The molecular weight excluding hydrogens is 446 g/mol. The van der Waals surface area contributed by atoms with Gasteiger partial charge in [-0.3, -0.25) is 4.79 Å². The zero-order valence-electron chi connectivity index (χ0n) is 27.4. The second kappa shape index (κ2) is 17.0. The number of carbonyl (C=O) groups is 1. The van der Waals surface area contributed by atoms with Crippen LogP contribution in [0.5, 0.6) is 0 Å². The normalized spacial score (nSPS) is 17.2. The van der Waals surface area contributed by atoms with Crippen LogP contribution in [-0.2, 0) is 9.53 Å². The van der Waals surface area contributed by atoms with Crippen LogP contribution < -0.4 is 0 Å². The minimum absolute atomic E-state index is 0.250. The van der Waals surface area contributed by atoms with E-state index in [1.165, 1.54) is 32.5 Å². The van der Waals surface area contributed by atoms with Crippen molar-refractivity contribution < 1.29 is 9.53 Å². The van der Waals surface area contributed by atoms with Gasteiger partial charge in [-0.2, -0.15) is 0 Å². The highest BCUT2D eigenvalue weighted by atomic mass is 16.5. The van der Waals surface area contributed by atoms with Gasteiger partial charge in [0, 0.05) is 39.7 Å². The van der Waals surface area contributed by atoms with E-state index in [9.17, 15) is 4.79 Å². The maximum absolute atomic E-state index is 11.2. The van der Waals surface area contributed by atoms with Gasteiger partial charge in [-0.05, 0) is 68.1 Å². The molecule has 0 atom stereocenters. The minimum Gasteiger partial charge on any atom is -0.384 e. The number of hydrogen-bond acceptors (Lipinski definition) is 4. The molecule has 0 aromatic carbocycles. The van der Waals surface area contributed by atoms with E-state index >= 15 is 0 Å². The van der Waals surface area contributed by atoms with Crippen LogP contribution in [0, 0.1) is 21.7 Å². The molecule has 0 aromatic rings. The Balaban J connectivity index is 0. The van der Waals surface area contributed by atoms with Crippen molar-refractivity contribution in [2.45, 2.75) is 109 Å². The second-order valence-electron chi connectivity index (χ2n) is 15.8. The van der Waals surface area contributed by atoms with E-state index in [-0.39, 0.29) is 5.41 Å². The van der Waals surface area contributed by atoms with Gasteiger partial charge in [0.05, 0.1) is 6.61 Å². The van der Waals surface area contributed by atoms with Gasteiger partial charge in [-0.15, -0.1) is 0 Å². The molecule has 0 bridgehead atoms. The first-order valence-electron chi connectivity index (χ1n) is 14.2. The largest absolute Gasteiger partial charge is 0.384 e. The van der Waals surface area contributed by atoms with Gasteiger partial charge >= 0.3 is 0 Å². The fraction of sp³-hybridized carbons (Fsp3) is 0.968. The molecule has 5 heteroatoms. The van der Waals surface area contributed by atoms with Crippen molar-refractivity contribution in [2.24, 2.45) is 21.7 Å². The molecular formula is C31H67N3O2. The lowest BCUT2D eigenvalue weighted by Gasteiger charge is -2.25. The molecule has 0 aromatic heterocycles. The van der Waals surface area contributed by atoms with E-state index in [2.05, 4.69) is 107 Å². The summed E-state index contributed by atoms with van der Waals surface area (Å²) in [5.74, 6) is 0.333. The molecule has 2 aliphatic rings. The van der Waals surface area contributed by atoms with Crippen LogP contribution in [0.15, 0.2) is 0 Å². The molecule has 2 saturated heterocycles. The summed E-state index contributed by atoms with van der Waals surface area (Å²) in [7, 11) is 5.93. The quantitative estimate of drug-likeness (QED) is 0.403. The summed E-state index contributed by atoms with van der Waals surface area (Å²) in [6, 6.07) is 0. The Kier molecular flexibility index (Phi) is 17.8. The lowest BCUT2D eigenvalue weighted by atomic mass is 9.96. The SMILES string of the molecule is CC(C)(C)CN1CCCC1.CC(C)(C)CN1CCCC1=O.CN(C)CC(C)(C)C.COCC(C)(C)C. The van der Waals surface area contributed by atoms with Crippen LogP contribution in [0.4, 0.5) is 0 Å². The third-order valence-corrected chi connectivity index (χ3v) is 5.10. The van der Waals surface area contributed by atoms with E-state index in [4.69, 9.17) is 4.74 Å². The zero-order chi connectivity index (χ0) is 28.8. The third-order valence-electron chi connectivity index (χ3n) is 5.10. The fourth-order valence-electron chi connectivity index (χ4n) is 4.44. The van der Waals surface area contributed by atoms with Gasteiger partial charge < -0.3 is 19.4 Å². The summed E-state index contributed by atoms with van der Waals surface area (Å²) in [4.78, 5) is 17.9. The lowest BCUT2D eigenvalue weighted by Crippen LogP contribution is -2.33. The average molecular weight is 514 g/mol. The highest BCUT2D eigenvalue weighted by Crippen LogP contribution is 2.20. The third kappa shape index (κ3) is 27.9. The topological polar surface area (TPSA) is 36.0 Å². The van der Waals surface area contributed by atoms with E-state index in [1.54, 1.807) is 7.11 Å². The van der Waals surface area contributed by atoms with Crippen molar-refractivity contribution in [1.82, 2.24) is 14.7 Å². The summed E-state index contributed by atoms with van der Waals surface area (Å²) in [5.41, 5.74) is 1.52. The van der Waals surface area contributed by atoms with Gasteiger partial charge in [0.25, 0.3) is 0 Å². The van der Waals surface area contributed by atoms with E-state index in [0.717, 1.165) is 39.1 Å². The Labute approximate surface area is 227 Å². The van der Waals surface area contributed by atoms with Crippen LogP contribution >= 0.6 is 0 Å². The maximum Gasteiger partial charge on any atom is 0.222 e. The van der Waals surface area contributed by atoms with E-state index in [0.29, 0.717) is 22.2 Å². The summed E-state index contributed by atoms with van der Waals surface area (Å²) >= 11 is 0. The van der Waals surface area contributed by atoms with Gasteiger partial charge in [-0.1, -0.05) is 83.1 Å². The van der Waals surface area contributed by atoms with Crippen molar-refractivity contribution in [2.75, 3.05) is 67.1 Å². The molecule has 0 saturated carbocycles. The zero-order valence-corrected chi connectivity index (χ0v) is 27.4. The van der Waals surface area contributed by atoms with E-state index < -0.39 is 0 Å². The Morgan fingerprint density at radius 2 is 1.17 bits per heavy atom. The van der Waals surface area contributed by atoms with Crippen molar-refractivity contribution >= 4 is 5.91 Å². The molecule has 0 N–H and O–H groups in total. The maximum atomic E-state index is 11.2. The number of likely N-dealkylation sites (tertiary alicyclic amines) is 2. The second-order valence-corrected chi connectivity index (χ2v) is 15.8. The molecule has 0 radical (unpaired) electrons. The number of rotatable bonds is 4. The van der Waals surface area contributed by atoms with Gasteiger partial charge in [0.15, 0.2) is 0 Å². The van der Waals surface area contributed by atoms with Crippen molar-refractivity contribution in [1.29, 1.82) is 0 Å². The Hall–Kier alpha value is -0.650. The molecule has 0 spiro atoms. The molecule has 36 heavy (non-hydrogen) atoms. The van der Waals surface area contributed by atoms with Gasteiger partial charge in [0.2, 0.25) is 5.91 Å². The summed E-state index contributed by atoms with van der Waals surface area (Å²) in [6.45, 7) is 34.4. The Morgan fingerprint density at radius 3 is 1.39 bits per heavy atom. The Morgan fingerprint density at radius 1 is 0.694 bits per heavy atom. The number of amides is 1. The highest BCUT2D eigenvalue weighted by Gasteiger charge is 2.24. The fourth-order valence-corrected chi connectivity index (χ4v) is 4.44. The van der Waals surface area contributed by atoms with Crippen LogP contribution in [0.1, 0.15) is 109 Å². The first-order valence-corrected chi connectivity index (χ1v) is 14.2. The number of ether oxygens (including phenoxy) is 1. The van der Waals surface area contributed by atoms with Crippen LogP contribution in [0.3, 0.4) is 0 Å². The number of methoxy groups -OCH3 is 1. The van der Waals surface area contributed by atoms with Crippen molar-refractivity contribution in [3.05, 3.63) is 0 Å². The molecule has 2 rings (SSSR count). The summed E-state index contributed by atoms with van der Waals surface area (Å²) < 4.78 is 4.91.